The average Bonchev–Trinajstić information content (AvgIpc) is 2.97. The monoisotopic (exact) mass is 756 g/mol. The van der Waals surface area contributed by atoms with Gasteiger partial charge in [0.2, 0.25) is 0 Å². The van der Waals surface area contributed by atoms with E-state index in [-0.39, 0.29) is 25.9 Å². The second-order valence-corrected chi connectivity index (χ2v) is 22.0. The van der Waals surface area contributed by atoms with E-state index in [0.717, 1.165) is 22.4 Å². The number of aromatic nitrogens is 2. The van der Waals surface area contributed by atoms with E-state index in [2.05, 4.69) is 79.6 Å². The summed E-state index contributed by atoms with van der Waals surface area (Å²) < 4.78 is 36.8. The van der Waals surface area contributed by atoms with Crippen LogP contribution in [-0.2, 0) is 20.1 Å². The van der Waals surface area contributed by atoms with Gasteiger partial charge in [0.15, 0.2) is 0 Å². The van der Waals surface area contributed by atoms with Crippen molar-refractivity contribution in [2.24, 2.45) is 0 Å². The molecular weight excluding hydrogens is 716 g/mol. The second-order valence-electron chi connectivity index (χ2n) is 11.8. The Hall–Kier alpha value is -3.03. The Morgan fingerprint density at radius 3 is 2.02 bits per heavy atom. The van der Waals surface area contributed by atoms with Gasteiger partial charge in [-0.15, -0.1) is 65.7 Å². The first kappa shape index (κ1) is 28.1. The number of aryl methyl sites for hydroxylation is 1. The third-order valence-corrected chi connectivity index (χ3v) is 10.7. The third kappa shape index (κ3) is 8.73. The van der Waals surface area contributed by atoms with Crippen LogP contribution >= 0.6 is 0 Å². The summed E-state index contributed by atoms with van der Waals surface area (Å²) in [5, 5.41) is 2.62. The van der Waals surface area contributed by atoms with Gasteiger partial charge < -0.3 is 9.97 Å². The van der Waals surface area contributed by atoms with E-state index in [9.17, 15) is 4.39 Å². The maximum atomic E-state index is 12.8. The van der Waals surface area contributed by atoms with Gasteiger partial charge in [-0.2, -0.15) is 0 Å². The van der Waals surface area contributed by atoms with Crippen LogP contribution in [0.25, 0.3) is 33.6 Å². The number of nitrogens with zero attached hydrogens (tertiary/aromatic N) is 2. The molecule has 0 bridgehead atoms. The molecule has 0 saturated heterocycles. The number of pyridine rings is 2. The largest absolute Gasteiger partial charge is 0.305 e. The van der Waals surface area contributed by atoms with E-state index >= 15 is 0 Å². The van der Waals surface area contributed by atoms with Crippen molar-refractivity contribution in [1.82, 2.24) is 9.97 Å². The fraction of sp³-hybridized carbons (Fsp3) is 0.200. The van der Waals surface area contributed by atoms with Crippen molar-refractivity contribution in [3.8, 4) is 33.6 Å². The van der Waals surface area contributed by atoms with Gasteiger partial charge in [0, 0.05) is 48.0 Å². The molecule has 0 aliphatic heterocycles. The summed E-state index contributed by atoms with van der Waals surface area (Å²) in [4.78, 5) is 8.95. The molecule has 5 rings (SSSR count). The fourth-order valence-corrected chi connectivity index (χ4v) is 6.32. The molecule has 2 nitrogen and oxygen atoms in total. The minimum Gasteiger partial charge on any atom is -0.305 e. The number of hydrogen-bond donors (Lipinski definition) is 0. The molecule has 5 aromatic rings. The van der Waals surface area contributed by atoms with Crippen LogP contribution in [0.2, 0.25) is 39.3 Å². The van der Waals surface area contributed by atoms with Crippen molar-refractivity contribution in [1.29, 1.82) is 0 Å². The number of halogens is 1. The van der Waals surface area contributed by atoms with Gasteiger partial charge in [-0.3, -0.25) is 4.39 Å². The van der Waals surface area contributed by atoms with Gasteiger partial charge in [-0.25, -0.2) is 0 Å². The van der Waals surface area contributed by atoms with Gasteiger partial charge >= 0.3 is 0 Å². The molecule has 0 saturated carbocycles. The molecular formula is C35H37FIrN2Si2-2. The topological polar surface area (TPSA) is 25.8 Å². The number of rotatable bonds is 5. The predicted octanol–water partition coefficient (Wildman–Crippen LogP) is 8.30. The summed E-state index contributed by atoms with van der Waals surface area (Å²) in [6, 6.07) is 31.9. The minimum atomic E-state index is -2.21. The Balaban J connectivity index is 0.000000256. The van der Waals surface area contributed by atoms with Crippen molar-refractivity contribution in [3.63, 3.8) is 0 Å². The van der Waals surface area contributed by atoms with Crippen LogP contribution in [0.5, 0.6) is 0 Å². The second kappa shape index (κ2) is 13.8. The van der Waals surface area contributed by atoms with Crippen molar-refractivity contribution in [2.45, 2.75) is 46.1 Å². The standard InChI is InChI=1S/C21H22NSi.C14H15FNSi.Ir/c1-16-13-21(17-9-6-5-7-10-17)22-15-20(16)18-11-8-12-19(14-18)23(2,3)4;1-17(2,3)13-8-9-14(16-10-13)11-4-6-12(15)7-5-11;/h5-9,11-15H,1-4H3;4,6-10H,1-3H3;/q2*-1;/i1D3;;. The molecule has 0 N–H and O–H groups in total. The number of hydrogen-bond acceptors (Lipinski definition) is 2. The van der Waals surface area contributed by atoms with Gasteiger partial charge in [-0.1, -0.05) is 86.9 Å². The predicted molar refractivity (Wildman–Crippen MR) is 173 cm³/mol. The fourth-order valence-electron chi connectivity index (χ4n) is 4.10. The van der Waals surface area contributed by atoms with Crippen molar-refractivity contribution >= 4 is 26.5 Å². The van der Waals surface area contributed by atoms with Crippen molar-refractivity contribution < 1.29 is 28.6 Å². The van der Waals surface area contributed by atoms with Crippen molar-refractivity contribution in [2.75, 3.05) is 0 Å². The molecule has 6 heteroatoms. The molecule has 1 radical (unpaired) electrons. The van der Waals surface area contributed by atoms with E-state index in [0.29, 0.717) is 16.8 Å². The quantitative estimate of drug-likeness (QED) is 0.133. The third-order valence-electron chi connectivity index (χ3n) is 6.61. The van der Waals surface area contributed by atoms with E-state index < -0.39 is 23.0 Å². The first-order chi connectivity index (χ1) is 20.1. The van der Waals surface area contributed by atoms with Crippen LogP contribution in [0.1, 0.15) is 9.68 Å². The Labute approximate surface area is 264 Å². The van der Waals surface area contributed by atoms with Crippen LogP contribution in [-0.4, -0.2) is 26.1 Å². The molecule has 0 aliphatic rings. The molecule has 0 spiro atoms. The summed E-state index contributed by atoms with van der Waals surface area (Å²) in [6.45, 7) is 11.5. The average molecular weight is 756 g/mol. The maximum Gasteiger partial charge on any atom is 0.0795 e. The summed E-state index contributed by atoms with van der Waals surface area (Å²) in [5.41, 5.74) is 4.99. The van der Waals surface area contributed by atoms with Gasteiger partial charge in [0.1, 0.15) is 0 Å². The Bertz CT molecular complexity index is 1660. The molecule has 0 atom stereocenters. The van der Waals surface area contributed by atoms with Crippen LogP contribution in [0.3, 0.4) is 0 Å². The Morgan fingerprint density at radius 2 is 1.44 bits per heavy atom. The van der Waals surface area contributed by atoms with Gasteiger partial charge in [-0.05, 0) is 34.6 Å². The molecule has 2 heterocycles. The molecule has 0 aliphatic carbocycles. The van der Waals surface area contributed by atoms with Gasteiger partial charge in [0.05, 0.1) is 16.1 Å². The molecule has 0 amide bonds. The Morgan fingerprint density at radius 1 is 0.707 bits per heavy atom. The number of benzene rings is 3. The molecule has 0 unspecified atom stereocenters. The van der Waals surface area contributed by atoms with E-state index in [1.165, 1.54) is 22.5 Å². The minimum absolute atomic E-state index is 0. The first-order valence-electron chi connectivity index (χ1n) is 14.9. The van der Waals surface area contributed by atoms with Crippen molar-refractivity contribution in [3.05, 3.63) is 121 Å². The zero-order chi connectivity index (χ0) is 31.4. The zero-order valence-electron chi connectivity index (χ0n) is 27.3. The first-order valence-corrected chi connectivity index (χ1v) is 20.4. The molecule has 41 heavy (non-hydrogen) atoms. The summed E-state index contributed by atoms with van der Waals surface area (Å²) in [5.74, 6) is -0.271. The molecule has 2 aromatic heterocycles. The molecule has 3 aromatic carbocycles. The Kier molecular flexibility index (Phi) is 9.43. The van der Waals surface area contributed by atoms with Crippen LogP contribution < -0.4 is 10.4 Å². The maximum absolute atomic E-state index is 12.8. The van der Waals surface area contributed by atoms with Gasteiger partial charge in [0.25, 0.3) is 0 Å². The molecule has 213 valence electrons. The summed E-state index contributed by atoms with van der Waals surface area (Å²) in [6.07, 6.45) is 3.61. The SMILES string of the molecule is C[Si](C)(C)c1ccc(-c2[c-]cc(F)cc2)nc1.[2H]C([2H])([2H])c1cc(-c2[c-]cccc2)ncc1-c1cccc([Si](C)(C)C)c1.[Ir]. The summed E-state index contributed by atoms with van der Waals surface area (Å²) >= 11 is 0. The van der Waals surface area contributed by atoms with E-state index in [4.69, 9.17) is 4.11 Å². The van der Waals surface area contributed by atoms with E-state index in [1.54, 1.807) is 24.4 Å². The van der Waals surface area contributed by atoms with Crippen LogP contribution in [0.4, 0.5) is 4.39 Å². The summed E-state index contributed by atoms with van der Waals surface area (Å²) in [7, 11) is -2.79. The van der Waals surface area contributed by atoms with Crippen LogP contribution in [0.15, 0.2) is 97.3 Å². The van der Waals surface area contributed by atoms with E-state index in [1.807, 2.05) is 42.6 Å². The zero-order valence-corrected chi connectivity index (χ0v) is 28.7. The van der Waals surface area contributed by atoms with Crippen LogP contribution in [0, 0.1) is 24.8 Å². The molecule has 0 fully saturated rings. The normalized spacial score (nSPS) is 12.6. The smallest absolute Gasteiger partial charge is 0.0795 e.